The summed E-state index contributed by atoms with van der Waals surface area (Å²) in [5.41, 5.74) is 0.267. The van der Waals surface area contributed by atoms with E-state index in [1.807, 2.05) is 17.9 Å². The Morgan fingerprint density at radius 3 is 2.32 bits per heavy atom. The molecular formula is C28H38F4N3OP. The first-order chi connectivity index (χ1) is 17.3. The molecule has 0 aromatic heterocycles. The summed E-state index contributed by atoms with van der Waals surface area (Å²) in [6.07, 6.45) is 1.05. The van der Waals surface area contributed by atoms with Crippen LogP contribution in [0, 0.1) is 11.6 Å². The van der Waals surface area contributed by atoms with Crippen LogP contribution >= 0.6 is 7.14 Å². The van der Waals surface area contributed by atoms with Gasteiger partial charge in [-0.25, -0.2) is 13.2 Å². The molecular weight excluding hydrogens is 501 g/mol. The Hall–Kier alpha value is -1.89. The predicted octanol–water partition coefficient (Wildman–Crippen LogP) is 5.75. The molecule has 0 unspecified atom stereocenters. The van der Waals surface area contributed by atoms with Gasteiger partial charge in [-0.3, -0.25) is 14.2 Å². The van der Waals surface area contributed by atoms with Gasteiger partial charge in [-0.1, -0.05) is 12.1 Å². The zero-order valence-corrected chi connectivity index (χ0v) is 23.2. The minimum absolute atomic E-state index is 0.00967. The number of nitrogens with zero attached hydrogens (tertiary/aromatic N) is 2. The number of alkyl halides is 2. The highest BCUT2D eigenvalue weighted by molar-refractivity contribution is 7.70. The number of hydrogen-bond donors (Lipinski definition) is 1. The molecule has 0 amide bonds. The molecule has 4 rings (SSSR count). The first-order valence-electron chi connectivity index (χ1n) is 12.9. The largest absolute Gasteiger partial charge is 0.380 e. The molecule has 2 aliphatic rings. The number of nitrogens with one attached hydrogen (secondary N) is 1. The summed E-state index contributed by atoms with van der Waals surface area (Å²) in [6.45, 7) is 9.97. The van der Waals surface area contributed by atoms with Gasteiger partial charge in [-0.05, 0) is 76.3 Å². The standard InChI is InChI=1S/C28H38F4N3OP/c1-18-11-19-12-22(37(4,5)36)7-8-23(19)27(35(18)17-28(2,3)32)26-24(30)13-20(14-25(26)31)33-21-15-34(16-21)10-6-9-29/h7-8,12-14,18,21,27,33H,6,9-11,15-17H2,1-5H3/t18-,27+/m1/s1. The summed E-state index contributed by atoms with van der Waals surface area (Å²) in [7, 11) is -2.52. The Morgan fingerprint density at radius 1 is 1.11 bits per heavy atom. The fourth-order valence-corrected chi connectivity index (χ4v) is 6.43. The number of benzene rings is 2. The van der Waals surface area contributed by atoms with Crippen LogP contribution in [0.25, 0.3) is 0 Å². The number of likely N-dealkylation sites (tertiary alicyclic amines) is 1. The van der Waals surface area contributed by atoms with Crippen molar-refractivity contribution in [3.63, 3.8) is 0 Å². The lowest BCUT2D eigenvalue weighted by atomic mass is 9.84. The van der Waals surface area contributed by atoms with E-state index in [-0.39, 0.29) is 30.9 Å². The molecule has 1 saturated heterocycles. The zero-order chi connectivity index (χ0) is 27.1. The van der Waals surface area contributed by atoms with Crippen molar-refractivity contribution in [3.05, 3.63) is 58.7 Å². The normalized spacial score (nSPS) is 21.5. The average Bonchev–Trinajstić information content (AvgIpc) is 2.74. The van der Waals surface area contributed by atoms with E-state index < -0.39 is 30.5 Å². The Kier molecular flexibility index (Phi) is 8.14. The molecule has 0 bridgehead atoms. The average molecular weight is 540 g/mol. The lowest BCUT2D eigenvalue weighted by Gasteiger charge is -2.44. The van der Waals surface area contributed by atoms with Gasteiger partial charge in [0, 0.05) is 48.8 Å². The van der Waals surface area contributed by atoms with Gasteiger partial charge < -0.3 is 9.88 Å². The minimum Gasteiger partial charge on any atom is -0.380 e. The molecule has 204 valence electrons. The van der Waals surface area contributed by atoms with Crippen LogP contribution in [0.2, 0.25) is 0 Å². The lowest BCUT2D eigenvalue weighted by Crippen LogP contribution is -2.54. The second-order valence-electron chi connectivity index (χ2n) is 11.6. The highest BCUT2D eigenvalue weighted by Gasteiger charge is 2.39. The lowest BCUT2D eigenvalue weighted by molar-refractivity contribution is 0.0653. The van der Waals surface area contributed by atoms with Gasteiger partial charge in [0.25, 0.3) is 0 Å². The van der Waals surface area contributed by atoms with Crippen molar-refractivity contribution in [2.45, 2.75) is 57.4 Å². The van der Waals surface area contributed by atoms with Crippen LogP contribution in [0.3, 0.4) is 0 Å². The first kappa shape index (κ1) is 28.1. The van der Waals surface area contributed by atoms with Crippen molar-refractivity contribution in [1.82, 2.24) is 9.80 Å². The van der Waals surface area contributed by atoms with Crippen LogP contribution in [-0.4, -0.2) is 73.7 Å². The van der Waals surface area contributed by atoms with Crippen molar-refractivity contribution in [2.24, 2.45) is 0 Å². The van der Waals surface area contributed by atoms with E-state index in [9.17, 15) is 13.3 Å². The van der Waals surface area contributed by atoms with E-state index in [2.05, 4.69) is 10.2 Å². The summed E-state index contributed by atoms with van der Waals surface area (Å²) in [5.74, 6) is -1.38. The molecule has 0 spiro atoms. The van der Waals surface area contributed by atoms with Crippen molar-refractivity contribution >= 4 is 18.1 Å². The minimum atomic E-state index is -2.52. The predicted molar refractivity (Wildman–Crippen MR) is 143 cm³/mol. The second kappa shape index (κ2) is 10.7. The van der Waals surface area contributed by atoms with E-state index in [4.69, 9.17) is 0 Å². The molecule has 2 aromatic carbocycles. The van der Waals surface area contributed by atoms with Gasteiger partial charge in [-0.15, -0.1) is 0 Å². The van der Waals surface area contributed by atoms with Gasteiger partial charge in [-0.2, -0.15) is 0 Å². The fraction of sp³-hybridized carbons (Fsp3) is 0.571. The molecule has 1 N–H and O–H groups in total. The molecule has 0 aliphatic carbocycles. The molecule has 0 radical (unpaired) electrons. The van der Waals surface area contributed by atoms with E-state index in [1.165, 1.54) is 26.0 Å². The maximum Gasteiger partial charge on any atom is 0.133 e. The molecule has 0 saturated carbocycles. The smallest absolute Gasteiger partial charge is 0.133 e. The molecule has 2 heterocycles. The summed E-state index contributed by atoms with van der Waals surface area (Å²) < 4.78 is 71.4. The van der Waals surface area contributed by atoms with E-state index in [0.29, 0.717) is 43.7 Å². The molecule has 2 atom stereocenters. The van der Waals surface area contributed by atoms with Crippen molar-refractivity contribution in [3.8, 4) is 0 Å². The monoisotopic (exact) mass is 539 g/mol. The van der Waals surface area contributed by atoms with Crippen molar-refractivity contribution in [1.29, 1.82) is 0 Å². The quantitative estimate of drug-likeness (QED) is 0.325. The molecule has 9 heteroatoms. The van der Waals surface area contributed by atoms with Crippen LogP contribution in [0.15, 0.2) is 30.3 Å². The Balaban J connectivity index is 1.68. The molecule has 1 fully saturated rings. The summed E-state index contributed by atoms with van der Waals surface area (Å²) in [4.78, 5) is 3.93. The van der Waals surface area contributed by atoms with Gasteiger partial charge in [0.15, 0.2) is 0 Å². The van der Waals surface area contributed by atoms with Crippen LogP contribution in [0.1, 0.15) is 49.9 Å². The van der Waals surface area contributed by atoms with Gasteiger partial charge in [0.1, 0.15) is 24.4 Å². The maximum atomic E-state index is 15.7. The number of halogens is 4. The summed E-state index contributed by atoms with van der Waals surface area (Å²) >= 11 is 0. The highest BCUT2D eigenvalue weighted by atomic mass is 31.2. The number of rotatable bonds is 9. The van der Waals surface area contributed by atoms with Crippen LogP contribution in [0.4, 0.5) is 23.2 Å². The van der Waals surface area contributed by atoms with E-state index in [0.717, 1.165) is 10.9 Å². The van der Waals surface area contributed by atoms with Crippen LogP contribution < -0.4 is 10.6 Å². The van der Waals surface area contributed by atoms with E-state index >= 15 is 8.78 Å². The summed E-state index contributed by atoms with van der Waals surface area (Å²) in [5, 5.41) is 3.90. The van der Waals surface area contributed by atoms with Crippen LogP contribution in [-0.2, 0) is 11.0 Å². The van der Waals surface area contributed by atoms with Crippen LogP contribution in [0.5, 0.6) is 0 Å². The Labute approximate surface area is 217 Å². The van der Waals surface area contributed by atoms with Crippen molar-refractivity contribution in [2.75, 3.05) is 51.5 Å². The SMILES string of the molecule is C[C@@H]1Cc2cc(P(C)(C)=O)ccc2[C@@H](c2c(F)cc(NC3CN(CCCF)C3)cc2F)N1CC(C)(C)F. The number of hydrogen-bond acceptors (Lipinski definition) is 4. The van der Waals surface area contributed by atoms with E-state index in [1.54, 1.807) is 25.5 Å². The number of fused-ring (bicyclic) bond motifs is 1. The zero-order valence-electron chi connectivity index (χ0n) is 22.3. The topological polar surface area (TPSA) is 35.6 Å². The third kappa shape index (κ3) is 6.40. The third-order valence-electron chi connectivity index (χ3n) is 7.30. The molecule has 2 aromatic rings. The third-order valence-corrected chi connectivity index (χ3v) is 8.82. The van der Waals surface area contributed by atoms with Gasteiger partial charge in [0.2, 0.25) is 0 Å². The maximum absolute atomic E-state index is 15.7. The molecule has 4 nitrogen and oxygen atoms in total. The Bertz CT molecular complexity index is 1150. The molecule has 37 heavy (non-hydrogen) atoms. The van der Waals surface area contributed by atoms with Gasteiger partial charge in [0.05, 0.1) is 18.8 Å². The number of anilines is 1. The Morgan fingerprint density at radius 2 is 1.76 bits per heavy atom. The second-order valence-corrected chi connectivity index (χ2v) is 14.8. The van der Waals surface area contributed by atoms with Gasteiger partial charge >= 0.3 is 0 Å². The molecule has 2 aliphatic heterocycles. The fourth-order valence-electron chi connectivity index (χ4n) is 5.53. The first-order valence-corrected chi connectivity index (χ1v) is 15.5. The summed E-state index contributed by atoms with van der Waals surface area (Å²) in [6, 6.07) is 7.10. The van der Waals surface area contributed by atoms with Crippen molar-refractivity contribution < 1.29 is 22.1 Å². The highest BCUT2D eigenvalue weighted by Crippen LogP contribution is 2.43.